The Labute approximate surface area is 224 Å². The van der Waals surface area contributed by atoms with E-state index in [1.54, 1.807) is 13.8 Å². The molecule has 0 amide bonds. The lowest BCUT2D eigenvalue weighted by Crippen LogP contribution is -2.47. The first-order chi connectivity index (χ1) is 18.1. The Balaban J connectivity index is 0.000000199. The lowest BCUT2D eigenvalue weighted by Gasteiger charge is -2.39. The van der Waals surface area contributed by atoms with Crippen molar-refractivity contribution in [2.45, 2.75) is 58.3 Å². The summed E-state index contributed by atoms with van der Waals surface area (Å²) >= 11 is 0. The van der Waals surface area contributed by atoms with Crippen molar-refractivity contribution in [2.24, 2.45) is 5.92 Å². The highest BCUT2D eigenvalue weighted by Gasteiger charge is 2.30. The Kier molecular flexibility index (Phi) is 10.4. The molecule has 3 nitrogen and oxygen atoms in total. The number of benzene rings is 2. The molecule has 1 N–H and O–H groups in total. The minimum atomic E-state index is -1.14. The van der Waals surface area contributed by atoms with Gasteiger partial charge in [0.2, 0.25) is 0 Å². The summed E-state index contributed by atoms with van der Waals surface area (Å²) in [5.74, 6) is -0.599. The van der Waals surface area contributed by atoms with Crippen molar-refractivity contribution < 1.29 is 17.6 Å². The quantitative estimate of drug-likeness (QED) is 0.271. The second kappa shape index (κ2) is 13.3. The fraction of sp³-hybridized carbons (Fsp3) is 0.484. The van der Waals surface area contributed by atoms with Gasteiger partial charge >= 0.3 is 0 Å². The molecule has 0 bridgehead atoms. The van der Waals surface area contributed by atoms with Crippen LogP contribution in [0.1, 0.15) is 44.0 Å². The predicted molar refractivity (Wildman–Crippen MR) is 148 cm³/mol. The number of aromatic nitrogens is 1. The minimum absolute atomic E-state index is 0.281. The molecule has 0 radical (unpaired) electrons. The van der Waals surface area contributed by atoms with E-state index in [2.05, 4.69) is 58.8 Å². The number of para-hydroxylation sites is 1. The van der Waals surface area contributed by atoms with Crippen molar-refractivity contribution in [3.8, 4) is 12.8 Å². The van der Waals surface area contributed by atoms with Gasteiger partial charge in [-0.2, -0.15) is 0 Å². The second-order valence-corrected chi connectivity index (χ2v) is 11.0. The van der Waals surface area contributed by atoms with Crippen molar-refractivity contribution in [3.05, 3.63) is 70.9 Å². The number of hydrogen-bond acceptors (Lipinski definition) is 2. The Hall–Kier alpha value is -2.82. The number of nitrogens with zero attached hydrogens (tertiary/aromatic N) is 2. The van der Waals surface area contributed by atoms with Crippen LogP contribution in [0.3, 0.4) is 0 Å². The van der Waals surface area contributed by atoms with E-state index >= 15 is 0 Å². The average molecular weight is 530 g/mol. The van der Waals surface area contributed by atoms with Gasteiger partial charge in [-0.1, -0.05) is 18.2 Å². The molecule has 7 heteroatoms. The van der Waals surface area contributed by atoms with E-state index < -0.39 is 17.3 Å². The number of rotatable bonds is 7. The zero-order valence-electron chi connectivity index (χ0n) is 22.6. The number of halogens is 4. The molecule has 1 saturated heterocycles. The molecule has 2 aliphatic rings. The molecular weight excluding hydrogens is 490 g/mol. The highest BCUT2D eigenvalue weighted by molar-refractivity contribution is 5.84. The van der Waals surface area contributed by atoms with Crippen LogP contribution in [0.25, 0.3) is 10.9 Å². The lowest BCUT2D eigenvalue weighted by atomic mass is 9.92. The molecule has 1 atom stereocenters. The number of terminal acetylenes is 1. The van der Waals surface area contributed by atoms with E-state index in [9.17, 15) is 17.6 Å². The average Bonchev–Trinajstić information content (AvgIpc) is 3.18. The molecular formula is C31H39F4N3. The summed E-state index contributed by atoms with van der Waals surface area (Å²) in [4.78, 5) is 7.89. The summed E-state index contributed by atoms with van der Waals surface area (Å²) in [6, 6.07) is 12.5. The molecule has 3 aromatic rings. The monoisotopic (exact) mass is 529 g/mol. The number of H-pyrrole nitrogens is 1. The van der Waals surface area contributed by atoms with Crippen LogP contribution < -0.4 is 0 Å². The van der Waals surface area contributed by atoms with Gasteiger partial charge in [0.15, 0.2) is 0 Å². The molecule has 38 heavy (non-hydrogen) atoms. The van der Waals surface area contributed by atoms with E-state index in [4.69, 9.17) is 0 Å². The maximum absolute atomic E-state index is 13.9. The first kappa shape index (κ1) is 29.7. The van der Waals surface area contributed by atoms with E-state index in [0.717, 1.165) is 38.7 Å². The van der Waals surface area contributed by atoms with Gasteiger partial charge in [0.1, 0.15) is 17.3 Å². The first-order valence-corrected chi connectivity index (χ1v) is 13.2. The molecule has 2 aromatic carbocycles. The molecule has 1 fully saturated rings. The first-order valence-electron chi connectivity index (χ1n) is 13.2. The van der Waals surface area contributed by atoms with Crippen LogP contribution in [0.5, 0.6) is 0 Å². The third-order valence-corrected chi connectivity index (χ3v) is 7.05. The molecule has 1 aromatic heterocycles. The summed E-state index contributed by atoms with van der Waals surface area (Å²) in [6.45, 7) is 9.11. The van der Waals surface area contributed by atoms with Crippen molar-refractivity contribution in [1.82, 2.24) is 14.8 Å². The van der Waals surface area contributed by atoms with E-state index in [-0.39, 0.29) is 6.67 Å². The summed E-state index contributed by atoms with van der Waals surface area (Å²) in [5.41, 5.74) is 3.43. The maximum Gasteiger partial charge on any atom is 0.126 e. The molecule has 0 unspecified atom stereocenters. The van der Waals surface area contributed by atoms with Gasteiger partial charge in [0.25, 0.3) is 0 Å². The van der Waals surface area contributed by atoms with E-state index in [1.165, 1.54) is 34.3 Å². The normalized spacial score (nSPS) is 18.1. The standard InChI is InChI=1S/C16H21FN2.C13H16F3N.C2H2/c1-11-8-13-12-6-4-5-7-14(12)18-15(13)9-19(11)10-16(2,3)17;14-2-1-3-17-8-11(9-17)4-10-5-12(15)7-13(16)6-10;1-2/h4-7,11,18H,8-10H2,1-3H3;5-7,11H,1-4,8-9H2;1-2H/t11-;;/m1../s1. The van der Waals surface area contributed by atoms with Crippen LogP contribution in [0.15, 0.2) is 42.5 Å². The van der Waals surface area contributed by atoms with Crippen molar-refractivity contribution >= 4 is 10.9 Å². The van der Waals surface area contributed by atoms with Gasteiger partial charge in [-0.15, -0.1) is 12.8 Å². The van der Waals surface area contributed by atoms with Crippen LogP contribution in [0.2, 0.25) is 0 Å². The van der Waals surface area contributed by atoms with Gasteiger partial charge in [0, 0.05) is 61.4 Å². The van der Waals surface area contributed by atoms with Crippen LogP contribution in [0.4, 0.5) is 17.6 Å². The van der Waals surface area contributed by atoms with Gasteiger partial charge in [-0.05, 0) is 75.3 Å². The molecule has 0 spiro atoms. The number of nitrogens with one attached hydrogen (secondary N) is 1. The Morgan fingerprint density at radius 3 is 2.34 bits per heavy atom. The molecule has 3 heterocycles. The van der Waals surface area contributed by atoms with E-state index in [0.29, 0.717) is 36.9 Å². The Bertz CT molecular complexity index is 1170. The zero-order chi connectivity index (χ0) is 27.9. The summed E-state index contributed by atoms with van der Waals surface area (Å²) in [7, 11) is 0. The highest BCUT2D eigenvalue weighted by atomic mass is 19.1. The van der Waals surface area contributed by atoms with Crippen molar-refractivity contribution in [2.75, 3.05) is 32.9 Å². The summed E-state index contributed by atoms with van der Waals surface area (Å²) in [5, 5.41) is 1.32. The maximum atomic E-state index is 13.9. The molecule has 5 rings (SSSR count). The zero-order valence-corrected chi connectivity index (χ0v) is 22.6. The Morgan fingerprint density at radius 1 is 1.05 bits per heavy atom. The van der Waals surface area contributed by atoms with E-state index in [1.807, 2.05) is 0 Å². The fourth-order valence-corrected chi connectivity index (χ4v) is 5.44. The fourth-order valence-electron chi connectivity index (χ4n) is 5.44. The van der Waals surface area contributed by atoms with Crippen molar-refractivity contribution in [1.29, 1.82) is 0 Å². The molecule has 0 aliphatic carbocycles. The number of likely N-dealkylation sites (tertiary alicyclic amines) is 1. The third kappa shape index (κ3) is 8.09. The SMILES string of the molecule is C#C.C[C@@H]1Cc2c([nH]c3ccccc23)CN1CC(C)(C)F.FCCCN1CC(Cc2cc(F)cc(F)c2)C1. The largest absolute Gasteiger partial charge is 0.357 e. The summed E-state index contributed by atoms with van der Waals surface area (Å²) in [6.07, 6.45) is 10.3. The predicted octanol–water partition coefficient (Wildman–Crippen LogP) is 6.71. The highest BCUT2D eigenvalue weighted by Crippen LogP contribution is 2.31. The second-order valence-electron chi connectivity index (χ2n) is 11.0. The molecule has 0 saturated carbocycles. The van der Waals surface area contributed by atoms with Crippen LogP contribution >= 0.6 is 0 Å². The number of fused-ring (bicyclic) bond motifs is 3. The van der Waals surface area contributed by atoms with Gasteiger partial charge in [0.05, 0.1) is 6.67 Å². The van der Waals surface area contributed by atoms with Gasteiger partial charge < -0.3 is 9.88 Å². The van der Waals surface area contributed by atoms with Crippen LogP contribution in [-0.4, -0.2) is 59.3 Å². The third-order valence-electron chi connectivity index (χ3n) is 7.05. The minimum Gasteiger partial charge on any atom is -0.357 e. The van der Waals surface area contributed by atoms with Gasteiger partial charge in [-0.25, -0.2) is 13.2 Å². The van der Waals surface area contributed by atoms with Crippen molar-refractivity contribution in [3.63, 3.8) is 0 Å². The molecule has 206 valence electrons. The number of aromatic amines is 1. The lowest BCUT2D eigenvalue weighted by molar-refractivity contribution is 0.0853. The topological polar surface area (TPSA) is 22.3 Å². The van der Waals surface area contributed by atoms with Crippen LogP contribution in [0, 0.1) is 30.4 Å². The van der Waals surface area contributed by atoms with Crippen LogP contribution in [-0.2, 0) is 19.4 Å². The Morgan fingerprint density at radius 2 is 1.71 bits per heavy atom. The molecule has 2 aliphatic heterocycles. The number of hydrogen-bond donors (Lipinski definition) is 1. The van der Waals surface area contributed by atoms with Gasteiger partial charge in [-0.3, -0.25) is 9.29 Å². The summed E-state index contributed by atoms with van der Waals surface area (Å²) < 4.78 is 51.7. The number of alkyl halides is 2. The smallest absolute Gasteiger partial charge is 0.126 e.